The Morgan fingerprint density at radius 3 is 2.63 bits per heavy atom. The molecule has 0 heterocycles. The van der Waals surface area contributed by atoms with Crippen LogP contribution < -0.4 is 5.73 Å². The molecule has 104 valence electrons. The molecule has 0 aliphatic heterocycles. The zero-order chi connectivity index (χ0) is 13.4. The molecule has 3 heteroatoms. The van der Waals surface area contributed by atoms with Crippen LogP contribution in [-0.4, -0.2) is 17.8 Å². The Morgan fingerprint density at radius 2 is 2.05 bits per heavy atom. The van der Waals surface area contributed by atoms with E-state index in [9.17, 15) is 5.11 Å². The van der Waals surface area contributed by atoms with E-state index in [1.54, 1.807) is 0 Å². The number of halogens is 1. The fourth-order valence-corrected chi connectivity index (χ4v) is 4.51. The first-order valence-corrected chi connectivity index (χ1v) is 7.71. The van der Waals surface area contributed by atoms with Gasteiger partial charge in [0.25, 0.3) is 0 Å². The van der Waals surface area contributed by atoms with Crippen LogP contribution in [0.3, 0.4) is 0 Å². The van der Waals surface area contributed by atoms with Gasteiger partial charge >= 0.3 is 0 Å². The molecule has 2 nitrogen and oxygen atoms in total. The van der Waals surface area contributed by atoms with E-state index in [4.69, 9.17) is 17.3 Å². The molecule has 3 N–H and O–H groups in total. The molecule has 1 aromatic carbocycles. The van der Waals surface area contributed by atoms with Crippen molar-refractivity contribution in [1.29, 1.82) is 0 Å². The van der Waals surface area contributed by atoms with Gasteiger partial charge in [-0.1, -0.05) is 36.2 Å². The number of nitrogens with two attached hydrogens (primary N) is 1. The molecule has 2 fully saturated rings. The number of rotatable bonds is 4. The van der Waals surface area contributed by atoms with Crippen LogP contribution in [0.4, 0.5) is 0 Å². The lowest BCUT2D eigenvalue weighted by atomic mass is 9.77. The topological polar surface area (TPSA) is 46.2 Å². The molecule has 3 rings (SSSR count). The first-order chi connectivity index (χ1) is 9.20. The van der Waals surface area contributed by atoms with Crippen LogP contribution in [0.5, 0.6) is 0 Å². The summed E-state index contributed by atoms with van der Waals surface area (Å²) in [6.07, 6.45) is 4.77. The molecule has 0 aromatic heterocycles. The molecular formula is C16H22ClNO. The summed E-state index contributed by atoms with van der Waals surface area (Å²) in [5.74, 6) is 1.94. The zero-order valence-electron chi connectivity index (χ0n) is 11.1. The molecular weight excluding hydrogens is 258 g/mol. The number of hydrogen-bond donors (Lipinski definition) is 2. The van der Waals surface area contributed by atoms with Crippen molar-refractivity contribution in [2.24, 2.45) is 23.5 Å². The van der Waals surface area contributed by atoms with Crippen molar-refractivity contribution in [3.8, 4) is 0 Å². The molecule has 0 amide bonds. The third kappa shape index (κ3) is 2.42. The number of aliphatic hydroxyl groups is 1. The van der Waals surface area contributed by atoms with Gasteiger partial charge in [0.05, 0.1) is 6.10 Å². The minimum absolute atomic E-state index is 0.0296. The van der Waals surface area contributed by atoms with Crippen molar-refractivity contribution in [2.75, 3.05) is 6.54 Å². The van der Waals surface area contributed by atoms with Crippen molar-refractivity contribution in [1.82, 2.24) is 0 Å². The average Bonchev–Trinajstić information content (AvgIpc) is 3.04. The van der Waals surface area contributed by atoms with E-state index in [0.29, 0.717) is 18.4 Å². The minimum Gasteiger partial charge on any atom is -0.392 e. The summed E-state index contributed by atoms with van der Waals surface area (Å²) in [5, 5.41) is 11.5. The van der Waals surface area contributed by atoms with Crippen LogP contribution >= 0.6 is 11.6 Å². The van der Waals surface area contributed by atoms with Gasteiger partial charge in [-0.2, -0.15) is 0 Å². The molecule has 2 aliphatic carbocycles. The fourth-order valence-electron chi connectivity index (χ4n) is 4.24. The van der Waals surface area contributed by atoms with Gasteiger partial charge in [-0.25, -0.2) is 0 Å². The molecule has 0 spiro atoms. The van der Waals surface area contributed by atoms with E-state index in [1.807, 2.05) is 24.3 Å². The molecule has 19 heavy (non-hydrogen) atoms. The normalized spacial score (nSPS) is 32.5. The van der Waals surface area contributed by atoms with Crippen molar-refractivity contribution in [2.45, 2.75) is 37.7 Å². The van der Waals surface area contributed by atoms with Gasteiger partial charge in [0.2, 0.25) is 0 Å². The van der Waals surface area contributed by atoms with E-state index in [0.717, 1.165) is 16.5 Å². The van der Waals surface area contributed by atoms with E-state index in [-0.39, 0.29) is 12.0 Å². The van der Waals surface area contributed by atoms with Crippen LogP contribution in [0, 0.1) is 17.8 Å². The van der Waals surface area contributed by atoms with Gasteiger partial charge in [0, 0.05) is 17.5 Å². The number of fused-ring (bicyclic) bond motifs is 2. The summed E-state index contributed by atoms with van der Waals surface area (Å²) in [6.45, 7) is 0.457. The fraction of sp³-hybridized carbons (Fsp3) is 0.625. The monoisotopic (exact) mass is 279 g/mol. The van der Waals surface area contributed by atoms with Gasteiger partial charge < -0.3 is 10.8 Å². The van der Waals surface area contributed by atoms with Crippen LogP contribution in [0.15, 0.2) is 24.3 Å². The molecule has 0 saturated heterocycles. The predicted molar refractivity (Wildman–Crippen MR) is 78.2 cm³/mol. The highest BCUT2D eigenvalue weighted by molar-refractivity contribution is 6.31. The maximum absolute atomic E-state index is 10.8. The second-order valence-corrected chi connectivity index (χ2v) is 6.60. The first-order valence-electron chi connectivity index (χ1n) is 7.33. The summed E-state index contributed by atoms with van der Waals surface area (Å²) in [6, 6.07) is 7.77. The number of benzene rings is 1. The summed E-state index contributed by atoms with van der Waals surface area (Å²) in [4.78, 5) is 0. The van der Waals surface area contributed by atoms with Gasteiger partial charge in [-0.3, -0.25) is 0 Å². The SMILES string of the molecule is NCC(c1ccccc1Cl)C(O)C1CC2CCC1C2. The molecule has 2 saturated carbocycles. The highest BCUT2D eigenvalue weighted by Gasteiger charge is 2.44. The van der Waals surface area contributed by atoms with Gasteiger partial charge in [-0.15, -0.1) is 0 Å². The summed E-state index contributed by atoms with van der Waals surface area (Å²) < 4.78 is 0. The van der Waals surface area contributed by atoms with Crippen LogP contribution in [-0.2, 0) is 0 Å². The van der Waals surface area contributed by atoms with Crippen LogP contribution in [0.2, 0.25) is 5.02 Å². The summed E-state index contributed by atoms with van der Waals surface area (Å²) in [5.41, 5.74) is 6.92. The predicted octanol–water partition coefficient (Wildman–Crippen LogP) is 3.18. The molecule has 2 bridgehead atoms. The molecule has 2 aliphatic rings. The third-order valence-corrected chi connectivity index (χ3v) is 5.55. The third-order valence-electron chi connectivity index (χ3n) is 5.20. The second kappa shape index (κ2) is 5.43. The summed E-state index contributed by atoms with van der Waals surface area (Å²) in [7, 11) is 0. The highest BCUT2D eigenvalue weighted by Crippen LogP contribution is 2.51. The molecule has 5 atom stereocenters. The van der Waals surface area contributed by atoms with Gasteiger partial charge in [0.15, 0.2) is 0 Å². The maximum atomic E-state index is 10.8. The Bertz CT molecular complexity index is 450. The Balaban J connectivity index is 1.81. The highest BCUT2D eigenvalue weighted by atomic mass is 35.5. The minimum atomic E-state index is -0.347. The first kappa shape index (κ1) is 13.4. The smallest absolute Gasteiger partial charge is 0.0652 e. The molecule has 0 radical (unpaired) electrons. The van der Waals surface area contributed by atoms with E-state index in [1.165, 1.54) is 25.7 Å². The van der Waals surface area contributed by atoms with Crippen molar-refractivity contribution >= 4 is 11.6 Å². The Kier molecular flexibility index (Phi) is 3.84. The lowest BCUT2D eigenvalue weighted by Gasteiger charge is -2.32. The number of hydrogen-bond acceptors (Lipinski definition) is 2. The van der Waals surface area contributed by atoms with Crippen LogP contribution in [0.25, 0.3) is 0 Å². The standard InChI is InChI=1S/C16H22ClNO/c17-15-4-2-1-3-12(15)14(9-18)16(19)13-8-10-5-6-11(13)7-10/h1-4,10-11,13-14,16,19H,5-9,18H2. The Hall–Kier alpha value is -0.570. The maximum Gasteiger partial charge on any atom is 0.0652 e. The zero-order valence-corrected chi connectivity index (χ0v) is 11.9. The van der Waals surface area contributed by atoms with Gasteiger partial charge in [0.1, 0.15) is 0 Å². The van der Waals surface area contributed by atoms with Crippen molar-refractivity contribution in [3.63, 3.8) is 0 Å². The Morgan fingerprint density at radius 1 is 1.26 bits per heavy atom. The quantitative estimate of drug-likeness (QED) is 0.889. The van der Waals surface area contributed by atoms with E-state index >= 15 is 0 Å². The lowest BCUT2D eigenvalue weighted by molar-refractivity contribution is 0.0532. The second-order valence-electron chi connectivity index (χ2n) is 6.19. The van der Waals surface area contributed by atoms with Crippen molar-refractivity contribution < 1.29 is 5.11 Å². The van der Waals surface area contributed by atoms with E-state index in [2.05, 4.69) is 0 Å². The average molecular weight is 280 g/mol. The van der Waals surface area contributed by atoms with Crippen LogP contribution in [0.1, 0.15) is 37.2 Å². The summed E-state index contributed by atoms with van der Waals surface area (Å²) >= 11 is 6.26. The Labute approximate surface area is 120 Å². The van der Waals surface area contributed by atoms with Gasteiger partial charge in [-0.05, 0) is 48.6 Å². The van der Waals surface area contributed by atoms with E-state index < -0.39 is 0 Å². The largest absolute Gasteiger partial charge is 0.392 e. The molecule has 5 unspecified atom stereocenters. The van der Waals surface area contributed by atoms with Crippen molar-refractivity contribution in [3.05, 3.63) is 34.9 Å². The molecule has 1 aromatic rings. The lowest BCUT2D eigenvalue weighted by Crippen LogP contribution is -2.35. The number of aliphatic hydroxyl groups excluding tert-OH is 1.